The zero-order valence-electron chi connectivity index (χ0n) is 16.4. The van der Waals surface area contributed by atoms with Crippen LogP contribution in [0.15, 0.2) is 24.3 Å². The number of fused-ring (bicyclic) bond motifs is 1. The summed E-state index contributed by atoms with van der Waals surface area (Å²) < 4.78 is 7.28. The van der Waals surface area contributed by atoms with Crippen LogP contribution in [0.4, 0.5) is 5.82 Å². The van der Waals surface area contributed by atoms with Crippen molar-refractivity contribution in [2.75, 3.05) is 11.9 Å². The van der Waals surface area contributed by atoms with E-state index in [1.807, 2.05) is 59.0 Å². The molecule has 144 valence electrons. The number of nitrogens with one attached hydrogen (secondary N) is 2. The number of aryl methyl sites for hydroxylation is 2. The van der Waals surface area contributed by atoms with E-state index in [4.69, 9.17) is 4.74 Å². The first-order chi connectivity index (χ1) is 12.6. The number of nitrogens with zero attached hydrogens (tertiary/aromatic N) is 2. The second-order valence-corrected chi connectivity index (χ2v) is 7.93. The summed E-state index contributed by atoms with van der Waals surface area (Å²) in [5.41, 5.74) is 2.70. The van der Waals surface area contributed by atoms with E-state index in [0.717, 1.165) is 22.6 Å². The smallest absolute Gasteiger partial charge is 0.258 e. The summed E-state index contributed by atoms with van der Waals surface area (Å²) >= 11 is 0. The predicted molar refractivity (Wildman–Crippen MR) is 103 cm³/mol. The van der Waals surface area contributed by atoms with Crippen LogP contribution in [-0.2, 0) is 16.6 Å². The van der Waals surface area contributed by atoms with Gasteiger partial charge in [-0.15, -0.1) is 0 Å². The van der Waals surface area contributed by atoms with Gasteiger partial charge in [-0.2, -0.15) is 5.10 Å². The van der Waals surface area contributed by atoms with Crippen LogP contribution >= 0.6 is 0 Å². The number of rotatable bonds is 4. The molecule has 1 aromatic heterocycles. The average molecular weight is 370 g/mol. The highest BCUT2D eigenvalue weighted by atomic mass is 16.5. The van der Waals surface area contributed by atoms with E-state index in [1.54, 1.807) is 4.68 Å². The van der Waals surface area contributed by atoms with Crippen molar-refractivity contribution >= 4 is 17.6 Å². The fourth-order valence-electron chi connectivity index (χ4n) is 3.39. The van der Waals surface area contributed by atoms with Crippen LogP contribution in [-0.4, -0.2) is 33.7 Å². The molecule has 2 N–H and O–H groups in total. The first-order valence-corrected chi connectivity index (χ1v) is 9.01. The molecule has 0 fully saturated rings. The number of hydrogen-bond donors (Lipinski definition) is 2. The van der Waals surface area contributed by atoms with E-state index in [1.165, 1.54) is 0 Å². The molecule has 27 heavy (non-hydrogen) atoms. The van der Waals surface area contributed by atoms with Crippen molar-refractivity contribution in [1.82, 2.24) is 15.1 Å². The van der Waals surface area contributed by atoms with Crippen molar-refractivity contribution in [2.24, 2.45) is 7.05 Å². The van der Waals surface area contributed by atoms with E-state index in [-0.39, 0.29) is 29.9 Å². The zero-order valence-corrected chi connectivity index (χ0v) is 16.4. The highest BCUT2D eigenvalue weighted by molar-refractivity contribution is 5.94. The molecule has 3 rings (SSSR count). The Hall–Kier alpha value is -2.83. The number of hydrogen-bond acceptors (Lipinski definition) is 4. The zero-order chi connectivity index (χ0) is 19.8. The predicted octanol–water partition coefficient (Wildman–Crippen LogP) is 2.50. The van der Waals surface area contributed by atoms with Gasteiger partial charge in [0.2, 0.25) is 5.91 Å². The van der Waals surface area contributed by atoms with Gasteiger partial charge >= 0.3 is 0 Å². The molecule has 0 aliphatic carbocycles. The van der Waals surface area contributed by atoms with E-state index in [9.17, 15) is 9.59 Å². The third kappa shape index (κ3) is 4.30. The van der Waals surface area contributed by atoms with E-state index >= 15 is 0 Å². The SMILES string of the molecule is Cc1nn(C)c2c1C(c1ccc(OCC(=O)NC(C)(C)C)cc1)CC(=O)N2. The van der Waals surface area contributed by atoms with Gasteiger partial charge in [0.05, 0.1) is 5.69 Å². The van der Waals surface area contributed by atoms with Gasteiger partial charge in [0.15, 0.2) is 6.61 Å². The summed E-state index contributed by atoms with van der Waals surface area (Å²) in [5.74, 6) is 1.15. The van der Waals surface area contributed by atoms with Gasteiger partial charge < -0.3 is 15.4 Å². The Kier molecular flexibility index (Phi) is 4.95. The van der Waals surface area contributed by atoms with Crippen molar-refractivity contribution in [3.63, 3.8) is 0 Å². The van der Waals surface area contributed by atoms with Crippen LogP contribution in [0.5, 0.6) is 5.75 Å². The Morgan fingerprint density at radius 3 is 2.63 bits per heavy atom. The van der Waals surface area contributed by atoms with Gasteiger partial charge in [-0.1, -0.05) is 12.1 Å². The maximum absolute atomic E-state index is 12.1. The number of benzene rings is 1. The molecule has 7 nitrogen and oxygen atoms in total. The van der Waals surface area contributed by atoms with Crippen LogP contribution in [0.2, 0.25) is 0 Å². The number of anilines is 1. The molecular weight excluding hydrogens is 344 g/mol. The molecule has 0 saturated carbocycles. The monoisotopic (exact) mass is 370 g/mol. The summed E-state index contributed by atoms with van der Waals surface area (Å²) in [4.78, 5) is 24.0. The number of ether oxygens (including phenoxy) is 1. The summed E-state index contributed by atoms with van der Waals surface area (Å²) in [6.45, 7) is 7.70. The Morgan fingerprint density at radius 1 is 1.33 bits per heavy atom. The van der Waals surface area contributed by atoms with Crippen LogP contribution in [0.1, 0.15) is 49.9 Å². The molecule has 1 atom stereocenters. The van der Waals surface area contributed by atoms with Gasteiger partial charge in [0.25, 0.3) is 5.91 Å². The molecule has 1 aliphatic heterocycles. The quantitative estimate of drug-likeness (QED) is 0.866. The second-order valence-electron chi connectivity index (χ2n) is 7.93. The highest BCUT2D eigenvalue weighted by Crippen LogP contribution is 2.39. The standard InChI is InChI=1S/C20H26N4O3/c1-12-18-15(10-16(25)21-19(18)24(5)23-12)13-6-8-14(9-7-13)27-11-17(26)22-20(2,3)4/h6-9,15H,10-11H2,1-5H3,(H,21,25)(H,22,26). The van der Waals surface area contributed by atoms with Crippen molar-refractivity contribution in [2.45, 2.75) is 45.6 Å². The van der Waals surface area contributed by atoms with Crippen LogP contribution < -0.4 is 15.4 Å². The molecule has 0 bridgehead atoms. The fraction of sp³-hybridized carbons (Fsp3) is 0.450. The first kappa shape index (κ1) is 18.9. The molecule has 2 aromatic rings. The molecule has 1 aliphatic rings. The summed E-state index contributed by atoms with van der Waals surface area (Å²) in [5, 5.41) is 10.2. The average Bonchev–Trinajstić information content (AvgIpc) is 2.85. The second kappa shape index (κ2) is 7.06. The topological polar surface area (TPSA) is 85.2 Å². The van der Waals surface area contributed by atoms with Crippen molar-refractivity contribution in [3.05, 3.63) is 41.1 Å². The van der Waals surface area contributed by atoms with Gasteiger partial charge in [0.1, 0.15) is 11.6 Å². The van der Waals surface area contributed by atoms with E-state index in [2.05, 4.69) is 15.7 Å². The lowest BCUT2D eigenvalue weighted by molar-refractivity contribution is -0.124. The molecule has 2 heterocycles. The normalized spacial score (nSPS) is 16.5. The summed E-state index contributed by atoms with van der Waals surface area (Å²) in [7, 11) is 1.83. The molecule has 0 radical (unpaired) electrons. The number of carbonyl (C=O) groups excluding carboxylic acids is 2. The largest absolute Gasteiger partial charge is 0.484 e. The lowest BCUT2D eigenvalue weighted by Gasteiger charge is -2.24. The van der Waals surface area contributed by atoms with Gasteiger partial charge in [-0.3, -0.25) is 14.3 Å². The maximum Gasteiger partial charge on any atom is 0.258 e. The van der Waals surface area contributed by atoms with Crippen molar-refractivity contribution in [3.8, 4) is 5.75 Å². The van der Waals surface area contributed by atoms with Crippen molar-refractivity contribution in [1.29, 1.82) is 0 Å². The van der Waals surface area contributed by atoms with Crippen LogP contribution in [0.25, 0.3) is 0 Å². The fourth-order valence-corrected chi connectivity index (χ4v) is 3.39. The van der Waals surface area contributed by atoms with Gasteiger partial charge in [0, 0.05) is 30.5 Å². The Bertz CT molecular complexity index is 863. The lowest BCUT2D eigenvalue weighted by Crippen LogP contribution is -2.43. The minimum Gasteiger partial charge on any atom is -0.484 e. The minimum atomic E-state index is -0.287. The molecule has 1 aromatic carbocycles. The summed E-state index contributed by atoms with van der Waals surface area (Å²) in [6.07, 6.45) is 0.383. The Balaban J connectivity index is 1.73. The molecule has 0 spiro atoms. The molecular formula is C20H26N4O3. The third-order valence-electron chi connectivity index (χ3n) is 4.43. The molecule has 1 unspecified atom stereocenters. The Morgan fingerprint density at radius 2 is 2.00 bits per heavy atom. The third-order valence-corrected chi connectivity index (χ3v) is 4.43. The highest BCUT2D eigenvalue weighted by Gasteiger charge is 2.31. The van der Waals surface area contributed by atoms with E-state index in [0.29, 0.717) is 12.2 Å². The number of carbonyl (C=O) groups is 2. The minimum absolute atomic E-state index is 0.0188. The first-order valence-electron chi connectivity index (χ1n) is 9.01. The maximum atomic E-state index is 12.1. The van der Waals surface area contributed by atoms with Crippen LogP contribution in [0.3, 0.4) is 0 Å². The van der Waals surface area contributed by atoms with E-state index < -0.39 is 0 Å². The van der Waals surface area contributed by atoms with Crippen LogP contribution in [0, 0.1) is 6.92 Å². The van der Waals surface area contributed by atoms with Gasteiger partial charge in [-0.05, 0) is 45.4 Å². The molecule has 7 heteroatoms. The van der Waals surface area contributed by atoms with Crippen molar-refractivity contribution < 1.29 is 14.3 Å². The number of aromatic nitrogens is 2. The lowest BCUT2D eigenvalue weighted by atomic mass is 9.86. The Labute approximate surface area is 159 Å². The molecule has 0 saturated heterocycles. The summed E-state index contributed by atoms with van der Waals surface area (Å²) in [6, 6.07) is 7.54. The molecule has 2 amide bonds. The number of amides is 2. The van der Waals surface area contributed by atoms with Gasteiger partial charge in [-0.25, -0.2) is 0 Å².